The molecule has 1 aromatic heterocycles. The predicted octanol–water partition coefficient (Wildman–Crippen LogP) is 4.17. The molecular weight excluding hydrogens is 272 g/mol. The smallest absolute Gasteiger partial charge is 0.103 e. The molecule has 0 aliphatic heterocycles. The minimum absolute atomic E-state index is 0.855. The van der Waals surface area contributed by atoms with Crippen molar-refractivity contribution in [3.8, 4) is 10.4 Å². The Balaban J connectivity index is 2.25. The van der Waals surface area contributed by atoms with E-state index < -0.39 is 0 Å². The first-order chi connectivity index (χ1) is 9.35. The molecule has 2 aromatic rings. The summed E-state index contributed by atoms with van der Waals surface area (Å²) in [6.07, 6.45) is 0. The van der Waals surface area contributed by atoms with Crippen LogP contribution in [0.4, 0.5) is 0 Å². The Kier molecular flexibility index (Phi) is 5.89. The van der Waals surface area contributed by atoms with Crippen molar-refractivity contribution in [3.63, 3.8) is 0 Å². The zero-order chi connectivity index (χ0) is 13.5. The van der Waals surface area contributed by atoms with Crippen molar-refractivity contribution in [2.24, 2.45) is 0 Å². The third kappa shape index (κ3) is 4.06. The van der Waals surface area contributed by atoms with Gasteiger partial charge in [0.05, 0.1) is 10.6 Å². The number of nitrogens with one attached hydrogen (secondary N) is 1. The van der Waals surface area contributed by atoms with Gasteiger partial charge in [0.2, 0.25) is 0 Å². The summed E-state index contributed by atoms with van der Waals surface area (Å²) < 4.78 is 0. The lowest BCUT2D eigenvalue weighted by Gasteiger charge is -2.02. The number of hydrogen-bond donors (Lipinski definition) is 1. The van der Waals surface area contributed by atoms with Gasteiger partial charge < -0.3 is 5.32 Å². The first-order valence-corrected chi connectivity index (χ1v) is 8.64. The van der Waals surface area contributed by atoms with E-state index in [1.807, 2.05) is 23.1 Å². The van der Waals surface area contributed by atoms with E-state index in [4.69, 9.17) is 4.98 Å². The molecule has 0 amide bonds. The van der Waals surface area contributed by atoms with Gasteiger partial charge in [-0.1, -0.05) is 44.2 Å². The van der Waals surface area contributed by atoms with Crippen LogP contribution in [0.1, 0.15) is 24.5 Å². The molecule has 0 saturated heterocycles. The second-order valence-corrected chi connectivity index (χ2v) is 6.52. The van der Waals surface area contributed by atoms with E-state index >= 15 is 0 Å². The van der Waals surface area contributed by atoms with Crippen molar-refractivity contribution in [3.05, 3.63) is 41.0 Å². The van der Waals surface area contributed by atoms with Crippen LogP contribution in [0.3, 0.4) is 0 Å². The van der Waals surface area contributed by atoms with Gasteiger partial charge in [0.15, 0.2) is 0 Å². The zero-order valence-corrected chi connectivity index (χ0v) is 13.1. The monoisotopic (exact) mass is 292 g/mol. The Hall–Kier alpha value is -0.840. The number of rotatable bonds is 7. The Bertz CT molecular complexity index is 494. The molecule has 1 N–H and O–H groups in total. The SMILES string of the molecule is CCNCc1nc(CSCC)sc1-c1ccccc1. The molecule has 0 bridgehead atoms. The summed E-state index contributed by atoms with van der Waals surface area (Å²) in [5.41, 5.74) is 2.46. The van der Waals surface area contributed by atoms with Crippen LogP contribution in [0.15, 0.2) is 30.3 Å². The standard InChI is InChI=1S/C15H20N2S2/c1-3-16-10-13-15(12-8-6-5-7-9-12)19-14(17-13)11-18-4-2/h5-9,16H,3-4,10-11H2,1-2H3. The van der Waals surface area contributed by atoms with Gasteiger partial charge in [-0.25, -0.2) is 4.98 Å². The molecule has 0 aliphatic rings. The summed E-state index contributed by atoms with van der Waals surface area (Å²) >= 11 is 3.76. The summed E-state index contributed by atoms with van der Waals surface area (Å²) in [6.45, 7) is 6.15. The fourth-order valence-corrected chi connectivity index (χ4v) is 3.64. The van der Waals surface area contributed by atoms with Gasteiger partial charge in [0, 0.05) is 12.3 Å². The quantitative estimate of drug-likeness (QED) is 0.829. The fraction of sp³-hybridized carbons (Fsp3) is 0.400. The summed E-state index contributed by atoms with van der Waals surface area (Å²) in [4.78, 5) is 6.11. The van der Waals surface area contributed by atoms with Crippen molar-refractivity contribution in [2.45, 2.75) is 26.1 Å². The van der Waals surface area contributed by atoms with Crippen LogP contribution in [-0.2, 0) is 12.3 Å². The summed E-state index contributed by atoms with van der Waals surface area (Å²) in [5, 5.41) is 4.62. The molecule has 2 nitrogen and oxygen atoms in total. The average Bonchev–Trinajstić information content (AvgIpc) is 2.87. The van der Waals surface area contributed by atoms with Crippen molar-refractivity contribution >= 4 is 23.1 Å². The number of thioether (sulfide) groups is 1. The topological polar surface area (TPSA) is 24.9 Å². The Labute approximate surface area is 123 Å². The second kappa shape index (κ2) is 7.68. The lowest BCUT2D eigenvalue weighted by molar-refractivity contribution is 0.714. The molecule has 0 radical (unpaired) electrons. The van der Waals surface area contributed by atoms with Gasteiger partial charge >= 0.3 is 0 Å². The maximum atomic E-state index is 4.80. The molecule has 1 heterocycles. The third-order valence-electron chi connectivity index (χ3n) is 2.75. The Morgan fingerprint density at radius 3 is 2.68 bits per heavy atom. The van der Waals surface area contributed by atoms with E-state index in [0.717, 1.165) is 24.6 Å². The van der Waals surface area contributed by atoms with E-state index in [-0.39, 0.29) is 0 Å². The number of benzene rings is 1. The van der Waals surface area contributed by atoms with Crippen molar-refractivity contribution in [2.75, 3.05) is 12.3 Å². The molecule has 0 unspecified atom stereocenters. The van der Waals surface area contributed by atoms with Crippen molar-refractivity contribution in [1.29, 1.82) is 0 Å². The normalized spacial score (nSPS) is 10.8. The molecule has 1 aromatic carbocycles. The average molecular weight is 292 g/mol. The second-order valence-electron chi connectivity index (χ2n) is 4.17. The highest BCUT2D eigenvalue weighted by atomic mass is 32.2. The number of nitrogens with zero attached hydrogens (tertiary/aromatic N) is 1. The van der Waals surface area contributed by atoms with Crippen LogP contribution < -0.4 is 5.32 Å². The Morgan fingerprint density at radius 1 is 1.21 bits per heavy atom. The lowest BCUT2D eigenvalue weighted by atomic mass is 10.1. The summed E-state index contributed by atoms with van der Waals surface area (Å²) in [7, 11) is 0. The van der Waals surface area contributed by atoms with E-state index in [9.17, 15) is 0 Å². The highest BCUT2D eigenvalue weighted by Gasteiger charge is 2.12. The van der Waals surface area contributed by atoms with E-state index in [0.29, 0.717) is 0 Å². The van der Waals surface area contributed by atoms with Gasteiger partial charge in [-0.2, -0.15) is 11.8 Å². The molecule has 0 aliphatic carbocycles. The van der Waals surface area contributed by atoms with E-state index in [1.165, 1.54) is 21.1 Å². The number of thiazole rings is 1. The van der Waals surface area contributed by atoms with Gasteiger partial charge in [-0.15, -0.1) is 11.3 Å². The van der Waals surface area contributed by atoms with Gasteiger partial charge in [-0.05, 0) is 17.9 Å². The first-order valence-electron chi connectivity index (χ1n) is 6.67. The molecule has 4 heteroatoms. The van der Waals surface area contributed by atoms with Gasteiger partial charge in [0.1, 0.15) is 5.01 Å². The van der Waals surface area contributed by atoms with Crippen LogP contribution in [0, 0.1) is 0 Å². The van der Waals surface area contributed by atoms with Crippen molar-refractivity contribution < 1.29 is 0 Å². The molecule has 0 spiro atoms. The molecule has 102 valence electrons. The molecular formula is C15H20N2S2. The minimum atomic E-state index is 0.855. The maximum Gasteiger partial charge on any atom is 0.103 e. The van der Waals surface area contributed by atoms with Crippen LogP contribution >= 0.6 is 23.1 Å². The lowest BCUT2D eigenvalue weighted by Crippen LogP contribution is -2.12. The van der Waals surface area contributed by atoms with Crippen LogP contribution in [0.5, 0.6) is 0 Å². The van der Waals surface area contributed by atoms with Crippen LogP contribution in [0.25, 0.3) is 10.4 Å². The highest BCUT2D eigenvalue weighted by Crippen LogP contribution is 2.31. The number of hydrogen-bond acceptors (Lipinski definition) is 4. The molecule has 0 saturated carbocycles. The largest absolute Gasteiger partial charge is 0.311 e. The summed E-state index contributed by atoms with van der Waals surface area (Å²) in [5.74, 6) is 2.16. The highest BCUT2D eigenvalue weighted by molar-refractivity contribution is 7.98. The Morgan fingerprint density at radius 2 is 2.00 bits per heavy atom. The first kappa shape index (κ1) is 14.6. The molecule has 2 rings (SSSR count). The van der Waals surface area contributed by atoms with Crippen LogP contribution in [-0.4, -0.2) is 17.3 Å². The maximum absolute atomic E-state index is 4.80. The van der Waals surface area contributed by atoms with E-state index in [1.54, 1.807) is 0 Å². The zero-order valence-electron chi connectivity index (χ0n) is 11.5. The molecule has 19 heavy (non-hydrogen) atoms. The molecule has 0 fully saturated rings. The predicted molar refractivity (Wildman–Crippen MR) is 86.8 cm³/mol. The number of aromatic nitrogens is 1. The van der Waals surface area contributed by atoms with Crippen molar-refractivity contribution in [1.82, 2.24) is 10.3 Å². The van der Waals surface area contributed by atoms with Gasteiger partial charge in [-0.3, -0.25) is 0 Å². The molecule has 0 atom stereocenters. The fourth-order valence-electron chi connectivity index (χ4n) is 1.83. The third-order valence-corrected chi connectivity index (χ3v) is 4.96. The summed E-state index contributed by atoms with van der Waals surface area (Å²) in [6, 6.07) is 10.6. The minimum Gasteiger partial charge on any atom is -0.311 e. The van der Waals surface area contributed by atoms with Crippen LogP contribution in [0.2, 0.25) is 0 Å². The van der Waals surface area contributed by atoms with E-state index in [2.05, 4.69) is 49.5 Å². The van der Waals surface area contributed by atoms with Gasteiger partial charge in [0.25, 0.3) is 0 Å².